The van der Waals surface area contributed by atoms with Crippen LogP contribution >= 0.6 is 0 Å². The molecule has 1 atom stereocenters. The first-order valence-corrected chi connectivity index (χ1v) is 4.98. The Kier molecular flexibility index (Phi) is 5.05. The molecule has 0 aliphatic heterocycles. The van der Waals surface area contributed by atoms with Crippen molar-refractivity contribution in [1.29, 1.82) is 0 Å². The van der Waals surface area contributed by atoms with Gasteiger partial charge >= 0.3 is 5.97 Å². The Morgan fingerprint density at radius 2 is 1.93 bits per heavy atom. The maximum atomic E-state index is 11.4. The van der Waals surface area contributed by atoms with E-state index < -0.39 is 11.5 Å². The number of amides is 1. The minimum atomic E-state index is -0.906. The minimum Gasteiger partial charge on any atom is -0.481 e. The molecular weight excluding hydrogens is 194 g/mol. The van der Waals surface area contributed by atoms with Crippen molar-refractivity contribution in [3.63, 3.8) is 0 Å². The largest absolute Gasteiger partial charge is 0.481 e. The summed E-state index contributed by atoms with van der Waals surface area (Å²) in [5, 5.41) is 11.4. The molecule has 0 aromatic rings. The average molecular weight is 213 g/mol. The average Bonchev–Trinajstić information content (AvgIpc) is 2.00. The Morgan fingerprint density at radius 1 is 1.40 bits per heavy atom. The van der Waals surface area contributed by atoms with E-state index in [-0.39, 0.29) is 12.3 Å². The maximum absolute atomic E-state index is 11.4. The highest BCUT2D eigenvalue weighted by atomic mass is 16.4. The number of hydrogen-bond donors (Lipinski definition) is 2. The molecule has 0 saturated carbocycles. The van der Waals surface area contributed by atoms with Crippen molar-refractivity contribution in [3.8, 4) is 0 Å². The number of aliphatic carboxylic acids is 1. The molecule has 4 nitrogen and oxygen atoms in total. The van der Waals surface area contributed by atoms with Crippen LogP contribution in [0.1, 0.15) is 40.5 Å². The summed E-state index contributed by atoms with van der Waals surface area (Å²) < 4.78 is 0. The van der Waals surface area contributed by atoms with E-state index in [4.69, 9.17) is 5.11 Å². The third-order valence-electron chi connectivity index (χ3n) is 2.17. The quantitative estimate of drug-likeness (QED) is 0.683. The minimum absolute atomic E-state index is 0.0636. The van der Waals surface area contributed by atoms with Crippen molar-refractivity contribution in [3.05, 3.63) is 11.6 Å². The standard InChI is InChI=1S/C11H19NO3/c1-5-11(4,7-10(14)15)12-9(13)6-8(2)3/h6H,5,7H2,1-4H3,(H,12,13)(H,14,15)/t11-/m0/s1. The van der Waals surface area contributed by atoms with Crippen molar-refractivity contribution in [2.24, 2.45) is 0 Å². The summed E-state index contributed by atoms with van der Waals surface area (Å²) in [5.41, 5.74) is 0.218. The summed E-state index contributed by atoms with van der Waals surface area (Å²) >= 11 is 0. The highest BCUT2D eigenvalue weighted by Crippen LogP contribution is 2.14. The molecule has 1 amide bonds. The smallest absolute Gasteiger partial charge is 0.305 e. The van der Waals surface area contributed by atoms with E-state index in [0.717, 1.165) is 5.57 Å². The van der Waals surface area contributed by atoms with Crippen molar-refractivity contribution < 1.29 is 14.7 Å². The molecule has 15 heavy (non-hydrogen) atoms. The molecule has 0 aliphatic carbocycles. The first-order chi connectivity index (χ1) is 6.79. The number of rotatable bonds is 5. The van der Waals surface area contributed by atoms with Gasteiger partial charge < -0.3 is 10.4 Å². The van der Waals surface area contributed by atoms with Gasteiger partial charge in [-0.1, -0.05) is 12.5 Å². The molecule has 0 aromatic carbocycles. The molecule has 0 unspecified atom stereocenters. The van der Waals surface area contributed by atoms with Crippen LogP contribution in [0.2, 0.25) is 0 Å². The van der Waals surface area contributed by atoms with E-state index >= 15 is 0 Å². The van der Waals surface area contributed by atoms with E-state index in [0.29, 0.717) is 6.42 Å². The van der Waals surface area contributed by atoms with Crippen LogP contribution in [0.5, 0.6) is 0 Å². The lowest BCUT2D eigenvalue weighted by molar-refractivity contribution is -0.138. The van der Waals surface area contributed by atoms with Gasteiger partial charge in [0.15, 0.2) is 0 Å². The Morgan fingerprint density at radius 3 is 2.27 bits per heavy atom. The number of nitrogens with one attached hydrogen (secondary N) is 1. The molecule has 0 heterocycles. The molecule has 0 radical (unpaired) electrons. The summed E-state index contributed by atoms with van der Waals surface area (Å²) in [6.07, 6.45) is 1.99. The van der Waals surface area contributed by atoms with Crippen molar-refractivity contribution in [2.75, 3.05) is 0 Å². The van der Waals surface area contributed by atoms with Gasteiger partial charge in [-0.05, 0) is 27.2 Å². The van der Waals surface area contributed by atoms with Crippen LogP contribution in [0, 0.1) is 0 Å². The van der Waals surface area contributed by atoms with Crippen LogP contribution in [-0.2, 0) is 9.59 Å². The lowest BCUT2D eigenvalue weighted by Gasteiger charge is -2.27. The number of allylic oxidation sites excluding steroid dienone is 1. The molecule has 0 aliphatic rings. The van der Waals surface area contributed by atoms with Gasteiger partial charge in [0.05, 0.1) is 6.42 Å². The highest BCUT2D eigenvalue weighted by Gasteiger charge is 2.26. The van der Waals surface area contributed by atoms with Gasteiger partial charge in [-0.2, -0.15) is 0 Å². The normalized spacial score (nSPS) is 13.9. The molecule has 0 saturated heterocycles. The van der Waals surface area contributed by atoms with E-state index in [1.807, 2.05) is 20.8 Å². The van der Waals surface area contributed by atoms with Gasteiger partial charge in [-0.15, -0.1) is 0 Å². The third-order valence-corrected chi connectivity index (χ3v) is 2.17. The topological polar surface area (TPSA) is 66.4 Å². The molecule has 0 aromatic heterocycles. The Labute approximate surface area is 90.4 Å². The molecule has 0 spiro atoms. The van der Waals surface area contributed by atoms with Crippen LogP contribution in [0.4, 0.5) is 0 Å². The molecule has 0 rings (SSSR count). The molecule has 0 fully saturated rings. The van der Waals surface area contributed by atoms with Gasteiger partial charge in [0.1, 0.15) is 0 Å². The van der Waals surface area contributed by atoms with Crippen LogP contribution in [0.15, 0.2) is 11.6 Å². The zero-order chi connectivity index (χ0) is 12.1. The first kappa shape index (κ1) is 13.7. The molecule has 2 N–H and O–H groups in total. The Hall–Kier alpha value is -1.32. The predicted molar refractivity (Wildman–Crippen MR) is 58.5 cm³/mol. The zero-order valence-corrected chi connectivity index (χ0v) is 9.76. The number of hydrogen-bond acceptors (Lipinski definition) is 2. The SMILES string of the molecule is CC[C@@](C)(CC(=O)O)NC(=O)C=C(C)C. The van der Waals surface area contributed by atoms with Crippen LogP contribution in [0.3, 0.4) is 0 Å². The second kappa shape index (κ2) is 5.53. The Bertz CT molecular complexity index is 280. The van der Waals surface area contributed by atoms with Gasteiger partial charge in [0.2, 0.25) is 5.91 Å². The Balaban J connectivity index is 4.50. The summed E-state index contributed by atoms with van der Waals surface area (Å²) in [6, 6.07) is 0. The van der Waals surface area contributed by atoms with E-state index in [9.17, 15) is 9.59 Å². The van der Waals surface area contributed by atoms with Gasteiger partial charge in [-0.25, -0.2) is 0 Å². The monoisotopic (exact) mass is 213 g/mol. The maximum Gasteiger partial charge on any atom is 0.305 e. The summed E-state index contributed by atoms with van der Waals surface area (Å²) in [4.78, 5) is 22.0. The fourth-order valence-corrected chi connectivity index (χ4v) is 1.19. The fraction of sp³-hybridized carbons (Fsp3) is 0.636. The van der Waals surface area contributed by atoms with Crippen LogP contribution in [0.25, 0.3) is 0 Å². The number of carbonyl (C=O) groups is 2. The second-order valence-corrected chi connectivity index (χ2v) is 4.20. The molecule has 86 valence electrons. The van der Waals surface area contributed by atoms with Crippen LogP contribution < -0.4 is 5.32 Å². The van der Waals surface area contributed by atoms with Crippen molar-refractivity contribution >= 4 is 11.9 Å². The van der Waals surface area contributed by atoms with Gasteiger partial charge in [-0.3, -0.25) is 9.59 Å². The second-order valence-electron chi connectivity index (χ2n) is 4.20. The summed E-state index contributed by atoms with van der Waals surface area (Å²) in [7, 11) is 0. The lowest BCUT2D eigenvalue weighted by atomic mass is 9.94. The van der Waals surface area contributed by atoms with Gasteiger partial charge in [0, 0.05) is 11.6 Å². The number of carbonyl (C=O) groups excluding carboxylic acids is 1. The zero-order valence-electron chi connectivity index (χ0n) is 9.76. The third kappa shape index (κ3) is 5.88. The van der Waals surface area contributed by atoms with Crippen LogP contribution in [-0.4, -0.2) is 22.5 Å². The molecule has 0 bridgehead atoms. The fourth-order valence-electron chi connectivity index (χ4n) is 1.19. The summed E-state index contributed by atoms with van der Waals surface area (Å²) in [6.45, 7) is 7.23. The van der Waals surface area contributed by atoms with E-state index in [2.05, 4.69) is 5.32 Å². The lowest BCUT2D eigenvalue weighted by Crippen LogP contribution is -2.46. The highest BCUT2D eigenvalue weighted by molar-refractivity contribution is 5.89. The molecule has 4 heteroatoms. The number of carboxylic acid groups (broad SMARTS) is 1. The number of carboxylic acids is 1. The van der Waals surface area contributed by atoms with E-state index in [1.165, 1.54) is 6.08 Å². The van der Waals surface area contributed by atoms with Gasteiger partial charge in [0.25, 0.3) is 0 Å². The van der Waals surface area contributed by atoms with Crippen molar-refractivity contribution in [2.45, 2.75) is 46.1 Å². The predicted octanol–water partition coefficient (Wildman–Crippen LogP) is 1.71. The van der Waals surface area contributed by atoms with Crippen molar-refractivity contribution in [1.82, 2.24) is 5.32 Å². The summed E-state index contributed by atoms with van der Waals surface area (Å²) in [5.74, 6) is -1.14. The molecular formula is C11H19NO3. The first-order valence-electron chi connectivity index (χ1n) is 4.98. The van der Waals surface area contributed by atoms with E-state index in [1.54, 1.807) is 6.92 Å².